The molecule has 0 N–H and O–H groups in total. The maximum atomic E-state index is 5.62. The zero-order chi connectivity index (χ0) is 11.4. The van der Waals surface area contributed by atoms with E-state index in [1.165, 1.54) is 0 Å². The van der Waals surface area contributed by atoms with Gasteiger partial charge in [-0.15, -0.1) is 0 Å². The Morgan fingerprint density at radius 1 is 1.40 bits per heavy atom. The zero-order valence-electron chi connectivity index (χ0n) is 9.88. The lowest BCUT2D eigenvalue weighted by molar-refractivity contribution is 0.0608. The summed E-state index contributed by atoms with van der Waals surface area (Å²) in [5.41, 5.74) is 2.25. The van der Waals surface area contributed by atoms with Gasteiger partial charge in [-0.25, -0.2) is 0 Å². The molecule has 4 heteroatoms. The first-order valence-corrected chi connectivity index (χ1v) is 6.25. The quantitative estimate of drug-likeness (QED) is 0.825. The van der Waals surface area contributed by atoms with Crippen molar-refractivity contribution >= 4 is 15.9 Å². The van der Waals surface area contributed by atoms with E-state index in [4.69, 9.17) is 4.74 Å². The Bertz CT molecular complexity index is 321. The van der Waals surface area contributed by atoms with Gasteiger partial charge in [0.2, 0.25) is 0 Å². The molecule has 0 bridgehead atoms. The predicted octanol–water partition coefficient (Wildman–Crippen LogP) is 3.15. The maximum absolute atomic E-state index is 5.62. The Hall–Kier alpha value is -0.350. The minimum Gasteiger partial charge on any atom is -0.372 e. The molecule has 0 saturated carbocycles. The highest BCUT2D eigenvalue weighted by atomic mass is 79.9. The molecule has 1 heterocycles. The molecule has 0 aliphatic heterocycles. The van der Waals surface area contributed by atoms with Crippen molar-refractivity contribution in [2.75, 3.05) is 0 Å². The summed E-state index contributed by atoms with van der Waals surface area (Å²) < 4.78 is 8.73. The number of halogens is 1. The number of aryl methyl sites for hydroxylation is 2. The molecule has 1 rings (SSSR count). The lowest BCUT2D eigenvalue weighted by Gasteiger charge is -2.09. The lowest BCUT2D eigenvalue weighted by atomic mass is 10.3. The summed E-state index contributed by atoms with van der Waals surface area (Å²) in [6.45, 7) is 9.80. The Morgan fingerprint density at radius 2 is 2.07 bits per heavy atom. The van der Waals surface area contributed by atoms with E-state index >= 15 is 0 Å². The summed E-state index contributed by atoms with van der Waals surface area (Å²) in [6, 6.07) is 0. The van der Waals surface area contributed by atoms with Gasteiger partial charge in [-0.2, -0.15) is 5.10 Å². The Morgan fingerprint density at radius 3 is 2.53 bits per heavy atom. The Balaban J connectivity index is 2.88. The highest BCUT2D eigenvalue weighted by Gasteiger charge is 2.13. The van der Waals surface area contributed by atoms with Gasteiger partial charge in [0.25, 0.3) is 0 Å². The molecule has 3 nitrogen and oxygen atoms in total. The first-order chi connectivity index (χ1) is 7.10. The lowest BCUT2D eigenvalue weighted by Crippen LogP contribution is -2.08. The van der Waals surface area contributed by atoms with Gasteiger partial charge in [-0.3, -0.25) is 4.68 Å². The van der Waals surface area contributed by atoms with Crippen LogP contribution in [0.15, 0.2) is 4.47 Å². The van der Waals surface area contributed by atoms with Gasteiger partial charge in [0.05, 0.1) is 28.6 Å². The van der Waals surface area contributed by atoms with Gasteiger partial charge >= 0.3 is 0 Å². The van der Waals surface area contributed by atoms with Crippen LogP contribution in [0.5, 0.6) is 0 Å². The summed E-state index contributed by atoms with van der Waals surface area (Å²) in [6.07, 6.45) is 1.20. The van der Waals surface area contributed by atoms with Crippen LogP contribution in [-0.4, -0.2) is 15.9 Å². The topological polar surface area (TPSA) is 27.1 Å². The van der Waals surface area contributed by atoms with Gasteiger partial charge < -0.3 is 4.74 Å². The molecule has 0 aromatic carbocycles. The monoisotopic (exact) mass is 274 g/mol. The molecule has 0 aliphatic carbocycles. The molecule has 0 saturated heterocycles. The fraction of sp³-hybridized carbons (Fsp3) is 0.727. The highest BCUT2D eigenvalue weighted by Crippen LogP contribution is 2.23. The van der Waals surface area contributed by atoms with Crippen molar-refractivity contribution in [1.82, 2.24) is 9.78 Å². The van der Waals surface area contributed by atoms with Crippen molar-refractivity contribution in [1.29, 1.82) is 0 Å². The third-order valence-corrected chi connectivity index (χ3v) is 3.16. The number of hydrogen-bond donors (Lipinski definition) is 0. The first kappa shape index (κ1) is 12.7. The second kappa shape index (κ2) is 5.66. The Kier molecular flexibility index (Phi) is 4.80. The van der Waals surface area contributed by atoms with Crippen LogP contribution in [0, 0.1) is 0 Å². The molecular formula is C11H19BrN2O. The van der Waals surface area contributed by atoms with Crippen LogP contribution in [0.25, 0.3) is 0 Å². The number of hydrogen-bond acceptors (Lipinski definition) is 2. The fourth-order valence-electron chi connectivity index (χ4n) is 1.40. The van der Waals surface area contributed by atoms with Crippen LogP contribution in [0.3, 0.4) is 0 Å². The Labute approximate surface area is 99.9 Å². The average Bonchev–Trinajstić information content (AvgIpc) is 2.51. The maximum Gasteiger partial charge on any atom is 0.0899 e. The van der Waals surface area contributed by atoms with Crippen molar-refractivity contribution in [2.45, 2.75) is 53.4 Å². The van der Waals surface area contributed by atoms with E-state index in [0.717, 1.165) is 28.8 Å². The van der Waals surface area contributed by atoms with E-state index in [1.807, 2.05) is 18.5 Å². The van der Waals surface area contributed by atoms with Crippen LogP contribution in [0.2, 0.25) is 0 Å². The molecule has 0 amide bonds. The van der Waals surface area contributed by atoms with Crippen LogP contribution in [-0.2, 0) is 24.3 Å². The average molecular weight is 275 g/mol. The molecule has 0 fully saturated rings. The standard InChI is InChI=1S/C11H19BrN2O/c1-5-9-11(12)10(7-15-8(3)4)14(6-2)13-9/h8H,5-7H2,1-4H3. The third kappa shape index (κ3) is 3.05. The van der Waals surface area contributed by atoms with Crippen molar-refractivity contribution in [3.63, 3.8) is 0 Å². The molecule has 0 spiro atoms. The second-order valence-corrected chi connectivity index (χ2v) is 4.53. The minimum atomic E-state index is 0.252. The van der Waals surface area contributed by atoms with E-state index in [0.29, 0.717) is 6.61 Å². The number of nitrogens with zero attached hydrogens (tertiary/aromatic N) is 2. The molecule has 0 radical (unpaired) electrons. The van der Waals surface area contributed by atoms with Crippen LogP contribution >= 0.6 is 15.9 Å². The smallest absolute Gasteiger partial charge is 0.0899 e. The van der Waals surface area contributed by atoms with E-state index in [9.17, 15) is 0 Å². The van der Waals surface area contributed by atoms with Crippen molar-refractivity contribution in [3.05, 3.63) is 15.9 Å². The molecule has 0 unspecified atom stereocenters. The predicted molar refractivity (Wildman–Crippen MR) is 64.9 cm³/mol. The van der Waals surface area contributed by atoms with Gasteiger partial charge in [-0.05, 0) is 43.1 Å². The number of aromatic nitrogens is 2. The van der Waals surface area contributed by atoms with Crippen LogP contribution in [0.1, 0.15) is 39.1 Å². The van der Waals surface area contributed by atoms with Gasteiger partial charge in [-0.1, -0.05) is 6.92 Å². The van der Waals surface area contributed by atoms with E-state index in [2.05, 4.69) is 34.9 Å². The van der Waals surface area contributed by atoms with Gasteiger partial charge in [0, 0.05) is 6.54 Å². The molecule has 1 aromatic rings. The summed E-state index contributed by atoms with van der Waals surface area (Å²) in [4.78, 5) is 0. The van der Waals surface area contributed by atoms with Crippen molar-refractivity contribution in [2.24, 2.45) is 0 Å². The van der Waals surface area contributed by atoms with Crippen molar-refractivity contribution < 1.29 is 4.74 Å². The van der Waals surface area contributed by atoms with Crippen molar-refractivity contribution in [3.8, 4) is 0 Å². The first-order valence-electron chi connectivity index (χ1n) is 5.45. The molecule has 86 valence electrons. The largest absolute Gasteiger partial charge is 0.372 e. The molecule has 0 aliphatic rings. The summed E-state index contributed by atoms with van der Waals surface area (Å²) >= 11 is 3.59. The van der Waals surface area contributed by atoms with E-state index in [-0.39, 0.29) is 6.10 Å². The normalized spacial score (nSPS) is 11.3. The summed E-state index contributed by atoms with van der Waals surface area (Å²) in [5.74, 6) is 0. The summed E-state index contributed by atoms with van der Waals surface area (Å²) in [5, 5.41) is 4.51. The molecule has 15 heavy (non-hydrogen) atoms. The highest BCUT2D eigenvalue weighted by molar-refractivity contribution is 9.10. The fourth-order valence-corrected chi connectivity index (χ4v) is 2.08. The SMILES string of the molecule is CCc1nn(CC)c(COC(C)C)c1Br. The van der Waals surface area contributed by atoms with Gasteiger partial charge in [0.15, 0.2) is 0 Å². The summed E-state index contributed by atoms with van der Waals surface area (Å²) in [7, 11) is 0. The van der Waals surface area contributed by atoms with Crippen LogP contribution in [0.4, 0.5) is 0 Å². The number of ether oxygens (including phenoxy) is 1. The van der Waals surface area contributed by atoms with E-state index in [1.54, 1.807) is 0 Å². The van der Waals surface area contributed by atoms with Gasteiger partial charge in [0.1, 0.15) is 0 Å². The minimum absolute atomic E-state index is 0.252. The number of rotatable bonds is 5. The second-order valence-electron chi connectivity index (χ2n) is 3.74. The zero-order valence-corrected chi connectivity index (χ0v) is 11.5. The third-order valence-electron chi connectivity index (χ3n) is 2.25. The molecular weight excluding hydrogens is 256 g/mol. The molecule has 1 aromatic heterocycles. The molecule has 0 atom stereocenters. The van der Waals surface area contributed by atoms with Crippen LogP contribution < -0.4 is 0 Å². The van der Waals surface area contributed by atoms with E-state index < -0.39 is 0 Å².